The van der Waals surface area contributed by atoms with Crippen LogP contribution in [0.25, 0.3) is 0 Å². The predicted molar refractivity (Wildman–Crippen MR) is 68.5 cm³/mol. The van der Waals surface area contributed by atoms with E-state index in [1.54, 1.807) is 6.92 Å². The molecule has 2 N–H and O–H groups in total. The summed E-state index contributed by atoms with van der Waals surface area (Å²) in [7, 11) is -4.30. The van der Waals surface area contributed by atoms with Crippen LogP contribution in [-0.2, 0) is 10.1 Å². The molecule has 0 bridgehead atoms. The SMILES string of the molecule is Cc1ccc(O)c(C2CCCCC2)c1S(=O)(=O)O. The minimum Gasteiger partial charge on any atom is -0.508 e. The number of aromatic hydroxyl groups is 1. The first-order valence-corrected chi connectivity index (χ1v) is 7.65. The molecule has 1 fully saturated rings. The Morgan fingerprint density at radius 1 is 1.17 bits per heavy atom. The van der Waals surface area contributed by atoms with Crippen molar-refractivity contribution in [3.05, 3.63) is 23.3 Å². The lowest BCUT2D eigenvalue weighted by Crippen LogP contribution is -2.12. The largest absolute Gasteiger partial charge is 0.508 e. The maximum absolute atomic E-state index is 11.5. The van der Waals surface area contributed by atoms with Crippen molar-refractivity contribution in [1.29, 1.82) is 0 Å². The zero-order valence-electron chi connectivity index (χ0n) is 10.4. The molecule has 0 saturated heterocycles. The van der Waals surface area contributed by atoms with E-state index in [2.05, 4.69) is 0 Å². The van der Waals surface area contributed by atoms with Crippen molar-refractivity contribution in [2.75, 3.05) is 0 Å². The van der Waals surface area contributed by atoms with Gasteiger partial charge in [-0.2, -0.15) is 8.42 Å². The lowest BCUT2D eigenvalue weighted by molar-refractivity contribution is 0.404. The third-order valence-electron chi connectivity index (χ3n) is 3.64. The fourth-order valence-corrected chi connectivity index (χ4v) is 3.85. The minimum atomic E-state index is -4.30. The summed E-state index contributed by atoms with van der Waals surface area (Å²) in [6, 6.07) is 3.03. The van der Waals surface area contributed by atoms with Gasteiger partial charge < -0.3 is 5.11 Å². The molecule has 0 radical (unpaired) electrons. The molecule has 0 unspecified atom stereocenters. The molecule has 4 nitrogen and oxygen atoms in total. The molecule has 0 aromatic heterocycles. The number of phenols is 1. The number of benzene rings is 1. The summed E-state index contributed by atoms with van der Waals surface area (Å²) >= 11 is 0. The van der Waals surface area contributed by atoms with Crippen LogP contribution in [0, 0.1) is 6.92 Å². The van der Waals surface area contributed by atoms with Gasteiger partial charge in [0.05, 0.1) is 0 Å². The third kappa shape index (κ3) is 2.52. The number of phenolic OH excluding ortho intramolecular Hbond substituents is 1. The van der Waals surface area contributed by atoms with Gasteiger partial charge in [0, 0.05) is 5.56 Å². The quantitative estimate of drug-likeness (QED) is 0.810. The molecule has 0 amide bonds. The Kier molecular flexibility index (Phi) is 3.64. The number of hydrogen-bond acceptors (Lipinski definition) is 3. The van der Waals surface area contributed by atoms with Gasteiger partial charge in [-0.05, 0) is 37.3 Å². The first-order valence-electron chi connectivity index (χ1n) is 6.21. The van der Waals surface area contributed by atoms with Gasteiger partial charge in [0.25, 0.3) is 10.1 Å². The second-order valence-corrected chi connectivity index (χ2v) is 6.31. The maximum Gasteiger partial charge on any atom is 0.295 e. The van der Waals surface area contributed by atoms with Crippen molar-refractivity contribution in [2.45, 2.75) is 49.8 Å². The van der Waals surface area contributed by atoms with Gasteiger partial charge in [-0.25, -0.2) is 0 Å². The van der Waals surface area contributed by atoms with Crippen LogP contribution in [0.5, 0.6) is 5.75 Å². The number of aryl methyl sites for hydroxylation is 1. The highest BCUT2D eigenvalue weighted by Crippen LogP contribution is 2.41. The van der Waals surface area contributed by atoms with E-state index in [0.29, 0.717) is 11.1 Å². The Morgan fingerprint density at radius 3 is 2.33 bits per heavy atom. The van der Waals surface area contributed by atoms with Crippen LogP contribution >= 0.6 is 0 Å². The molecule has 1 aliphatic rings. The molecular formula is C13H18O4S. The zero-order valence-corrected chi connectivity index (χ0v) is 11.2. The summed E-state index contributed by atoms with van der Waals surface area (Å²) in [5, 5.41) is 9.96. The van der Waals surface area contributed by atoms with Crippen LogP contribution in [0.15, 0.2) is 17.0 Å². The van der Waals surface area contributed by atoms with Gasteiger partial charge in [0.1, 0.15) is 10.6 Å². The normalized spacial score (nSPS) is 17.9. The molecule has 1 saturated carbocycles. The molecular weight excluding hydrogens is 252 g/mol. The van der Waals surface area contributed by atoms with Gasteiger partial charge in [0.2, 0.25) is 0 Å². The Labute approximate surface area is 107 Å². The van der Waals surface area contributed by atoms with Crippen molar-refractivity contribution in [2.24, 2.45) is 0 Å². The molecule has 1 aromatic carbocycles. The van der Waals surface area contributed by atoms with Crippen LogP contribution in [0.4, 0.5) is 0 Å². The summed E-state index contributed by atoms with van der Waals surface area (Å²) in [6.45, 7) is 1.63. The van der Waals surface area contributed by atoms with Gasteiger partial charge in [-0.3, -0.25) is 4.55 Å². The number of rotatable bonds is 2. The van der Waals surface area contributed by atoms with Gasteiger partial charge in [-0.15, -0.1) is 0 Å². The van der Waals surface area contributed by atoms with Gasteiger partial charge >= 0.3 is 0 Å². The van der Waals surface area contributed by atoms with Crippen LogP contribution in [0.1, 0.15) is 49.1 Å². The summed E-state index contributed by atoms with van der Waals surface area (Å²) in [4.78, 5) is -0.102. The molecule has 0 aliphatic heterocycles. The molecule has 1 aliphatic carbocycles. The fraction of sp³-hybridized carbons (Fsp3) is 0.538. The maximum atomic E-state index is 11.5. The highest BCUT2D eigenvalue weighted by molar-refractivity contribution is 7.86. The lowest BCUT2D eigenvalue weighted by atomic mass is 9.83. The zero-order chi connectivity index (χ0) is 13.3. The monoisotopic (exact) mass is 270 g/mol. The average Bonchev–Trinajstić information content (AvgIpc) is 2.31. The molecule has 0 heterocycles. The summed E-state index contributed by atoms with van der Waals surface area (Å²) in [6.07, 6.45) is 4.93. The average molecular weight is 270 g/mol. The first-order chi connectivity index (χ1) is 8.41. The lowest BCUT2D eigenvalue weighted by Gasteiger charge is -2.25. The van der Waals surface area contributed by atoms with Crippen LogP contribution in [-0.4, -0.2) is 18.1 Å². The van der Waals surface area contributed by atoms with E-state index in [1.165, 1.54) is 12.1 Å². The summed E-state index contributed by atoms with van der Waals surface area (Å²) in [5.41, 5.74) is 0.882. The molecule has 100 valence electrons. The third-order valence-corrected chi connectivity index (χ3v) is 4.70. The Hall–Kier alpha value is -1.07. The smallest absolute Gasteiger partial charge is 0.295 e. The van der Waals surface area contributed by atoms with Crippen LogP contribution < -0.4 is 0 Å². The van der Waals surface area contributed by atoms with E-state index in [0.717, 1.165) is 32.1 Å². The van der Waals surface area contributed by atoms with Crippen molar-refractivity contribution in [3.8, 4) is 5.75 Å². The highest BCUT2D eigenvalue weighted by Gasteiger charge is 2.28. The topological polar surface area (TPSA) is 74.6 Å². The van der Waals surface area contributed by atoms with Crippen molar-refractivity contribution >= 4 is 10.1 Å². The molecule has 0 spiro atoms. The minimum absolute atomic E-state index is 0.0237. The van der Waals surface area contributed by atoms with Crippen molar-refractivity contribution in [3.63, 3.8) is 0 Å². The van der Waals surface area contributed by atoms with E-state index in [1.807, 2.05) is 0 Å². The Bertz CT molecular complexity index is 542. The molecule has 2 rings (SSSR count). The van der Waals surface area contributed by atoms with Crippen molar-refractivity contribution in [1.82, 2.24) is 0 Å². The molecule has 18 heavy (non-hydrogen) atoms. The van der Waals surface area contributed by atoms with E-state index in [9.17, 15) is 18.1 Å². The summed E-state index contributed by atoms with van der Waals surface area (Å²) < 4.78 is 32.4. The highest BCUT2D eigenvalue weighted by atomic mass is 32.2. The van der Waals surface area contributed by atoms with E-state index in [4.69, 9.17) is 0 Å². The summed E-state index contributed by atoms with van der Waals surface area (Å²) in [5.74, 6) is -0.00398. The van der Waals surface area contributed by atoms with Crippen molar-refractivity contribution < 1.29 is 18.1 Å². The van der Waals surface area contributed by atoms with Gasteiger partial charge in [0.15, 0.2) is 0 Å². The van der Waals surface area contributed by atoms with E-state index >= 15 is 0 Å². The van der Waals surface area contributed by atoms with Crippen LogP contribution in [0.2, 0.25) is 0 Å². The second kappa shape index (κ2) is 4.90. The van der Waals surface area contributed by atoms with Crippen LogP contribution in [0.3, 0.4) is 0 Å². The fourth-order valence-electron chi connectivity index (χ4n) is 2.83. The van der Waals surface area contributed by atoms with E-state index < -0.39 is 10.1 Å². The molecule has 1 aromatic rings. The Morgan fingerprint density at radius 2 is 1.78 bits per heavy atom. The first kappa shape index (κ1) is 13.4. The second-order valence-electron chi connectivity index (χ2n) is 4.95. The standard InChI is InChI=1S/C13H18O4S/c1-9-7-8-11(14)12(13(9)18(15,16)17)10-5-3-2-4-6-10/h7-8,10,14H,2-6H2,1H3,(H,15,16,17). The number of hydrogen-bond donors (Lipinski definition) is 2. The predicted octanol–water partition coefficient (Wildman–Crippen LogP) is 3.00. The molecule has 5 heteroatoms. The molecule has 0 atom stereocenters. The van der Waals surface area contributed by atoms with Gasteiger partial charge in [-0.1, -0.05) is 25.3 Å². The van der Waals surface area contributed by atoms with E-state index in [-0.39, 0.29) is 16.6 Å². The Balaban J connectivity index is 2.60.